The maximum absolute atomic E-state index is 12.6. The third-order valence-electron chi connectivity index (χ3n) is 15.5. The summed E-state index contributed by atoms with van der Waals surface area (Å²) in [6.07, 6.45) is 79.4. The van der Waals surface area contributed by atoms with E-state index in [4.69, 9.17) is 0 Å². The second kappa shape index (κ2) is 61.4. The van der Waals surface area contributed by atoms with Crippen LogP contribution in [0.2, 0.25) is 0 Å². The molecule has 1 amide bonds. The van der Waals surface area contributed by atoms with Crippen LogP contribution in [0.5, 0.6) is 0 Å². The quantitative estimate of drug-likeness (QED) is 0.0361. The van der Waals surface area contributed by atoms with Gasteiger partial charge in [-0.1, -0.05) is 340 Å². The molecular weight excluding hydrogens is 871 g/mol. The molecule has 0 aliphatic heterocycles. The van der Waals surface area contributed by atoms with Crippen LogP contribution >= 0.6 is 0 Å². The molecule has 5 heteroatoms. The zero-order chi connectivity index (χ0) is 51.4. The first-order valence-corrected chi connectivity index (χ1v) is 32.6. The molecule has 0 aliphatic carbocycles. The van der Waals surface area contributed by atoms with E-state index >= 15 is 0 Å². The van der Waals surface area contributed by atoms with Crippen LogP contribution in [-0.4, -0.2) is 46.1 Å². The molecule has 0 spiro atoms. The van der Waals surface area contributed by atoms with Crippen LogP contribution < -0.4 is 5.32 Å². The predicted molar refractivity (Wildman–Crippen MR) is 315 cm³/mol. The van der Waals surface area contributed by atoms with Crippen molar-refractivity contribution in [3.05, 3.63) is 24.3 Å². The number of hydrogen-bond donors (Lipinski definition) is 4. The van der Waals surface area contributed by atoms with Gasteiger partial charge in [-0.15, -0.1) is 0 Å². The Kier molecular flexibility index (Phi) is 60.4. The molecule has 0 heterocycles. The zero-order valence-corrected chi connectivity index (χ0v) is 48.4. The van der Waals surface area contributed by atoms with Crippen molar-refractivity contribution in [2.75, 3.05) is 6.61 Å². The van der Waals surface area contributed by atoms with Crippen LogP contribution in [-0.2, 0) is 4.79 Å². The first-order chi connectivity index (χ1) is 35.0. The van der Waals surface area contributed by atoms with Gasteiger partial charge in [0.2, 0.25) is 5.91 Å². The Morgan fingerprint density at radius 3 is 0.887 bits per heavy atom. The average Bonchev–Trinajstić information content (AvgIpc) is 3.37. The second-order valence-corrected chi connectivity index (χ2v) is 22.7. The van der Waals surface area contributed by atoms with Gasteiger partial charge in [-0.05, 0) is 44.9 Å². The number of aliphatic hydroxyl groups excluding tert-OH is 3. The molecule has 5 nitrogen and oxygen atoms in total. The lowest BCUT2D eigenvalue weighted by molar-refractivity contribution is -0.125. The highest BCUT2D eigenvalue weighted by Gasteiger charge is 2.21. The molecular formula is C66H129NO4. The van der Waals surface area contributed by atoms with Crippen molar-refractivity contribution in [3.8, 4) is 0 Å². The Hall–Kier alpha value is -1.17. The largest absolute Gasteiger partial charge is 0.394 e. The molecule has 3 atom stereocenters. The van der Waals surface area contributed by atoms with E-state index in [0.29, 0.717) is 12.8 Å². The Morgan fingerprint density at radius 1 is 0.352 bits per heavy atom. The third-order valence-corrected chi connectivity index (χ3v) is 15.5. The Bertz CT molecular complexity index is 1060. The molecule has 0 radical (unpaired) electrons. The van der Waals surface area contributed by atoms with Gasteiger partial charge in [0.05, 0.1) is 31.3 Å². The Balaban J connectivity index is 3.48. The number of rotatable bonds is 61. The second-order valence-electron chi connectivity index (χ2n) is 22.7. The standard InChI is InChI=1S/C66H129NO4/c1-3-5-7-9-11-13-15-17-19-21-23-25-27-28-29-30-31-32-33-34-35-36-38-39-41-43-45-47-49-51-53-55-57-59-63(69)61-66(71)67-64(62-68)65(70)60-58-56-54-52-50-48-46-44-42-40-37-26-24-22-20-18-16-14-12-10-8-6-4-2/h27-28,30-31,63-65,68-70H,3-26,29,32-62H2,1-2H3,(H,67,71)/b28-27-,31-30-. The number of nitrogens with one attached hydrogen (secondary N) is 1. The minimum atomic E-state index is -0.749. The maximum atomic E-state index is 12.6. The summed E-state index contributed by atoms with van der Waals surface area (Å²) in [6, 6.07) is -0.658. The smallest absolute Gasteiger partial charge is 0.222 e. The number of carbonyl (C=O) groups is 1. The lowest BCUT2D eigenvalue weighted by Gasteiger charge is -2.23. The normalized spacial score (nSPS) is 13.3. The van der Waals surface area contributed by atoms with Gasteiger partial charge in [-0.3, -0.25) is 4.79 Å². The summed E-state index contributed by atoms with van der Waals surface area (Å²) in [4.78, 5) is 12.6. The minimum absolute atomic E-state index is 0.0397. The lowest BCUT2D eigenvalue weighted by atomic mass is 10.0. The van der Waals surface area contributed by atoms with Gasteiger partial charge in [0.25, 0.3) is 0 Å². The van der Waals surface area contributed by atoms with E-state index < -0.39 is 18.2 Å². The van der Waals surface area contributed by atoms with Crippen molar-refractivity contribution in [2.45, 2.75) is 385 Å². The number of hydrogen-bond acceptors (Lipinski definition) is 4. The van der Waals surface area contributed by atoms with Gasteiger partial charge in [0.15, 0.2) is 0 Å². The number of unbranched alkanes of at least 4 members (excludes halogenated alkanes) is 48. The fraction of sp³-hybridized carbons (Fsp3) is 0.924. The molecule has 71 heavy (non-hydrogen) atoms. The van der Waals surface area contributed by atoms with E-state index in [1.807, 2.05) is 0 Å². The first kappa shape index (κ1) is 69.8. The fourth-order valence-electron chi connectivity index (χ4n) is 10.6. The number of amides is 1. The van der Waals surface area contributed by atoms with Crippen LogP contribution in [0.25, 0.3) is 0 Å². The van der Waals surface area contributed by atoms with Crippen LogP contribution in [0.1, 0.15) is 367 Å². The minimum Gasteiger partial charge on any atom is -0.394 e. The van der Waals surface area contributed by atoms with Gasteiger partial charge in [0.1, 0.15) is 0 Å². The molecule has 0 saturated heterocycles. The SMILES string of the molecule is CCCCCCCCCCCCC/C=C\C/C=C\CCCCCCCCCCCCCCCCCC(O)CC(=O)NC(CO)C(O)CCCCCCCCCCCCCCCCCCCCCCCCC. The fourth-order valence-corrected chi connectivity index (χ4v) is 10.6. The summed E-state index contributed by atoms with van der Waals surface area (Å²) >= 11 is 0. The van der Waals surface area contributed by atoms with Crippen molar-refractivity contribution >= 4 is 5.91 Å². The van der Waals surface area contributed by atoms with Crippen molar-refractivity contribution in [1.29, 1.82) is 0 Å². The van der Waals surface area contributed by atoms with Gasteiger partial charge < -0.3 is 20.6 Å². The summed E-state index contributed by atoms with van der Waals surface area (Å²) in [5.41, 5.74) is 0. The third kappa shape index (κ3) is 58.0. The van der Waals surface area contributed by atoms with E-state index in [2.05, 4.69) is 43.5 Å². The van der Waals surface area contributed by atoms with Gasteiger partial charge in [-0.2, -0.15) is 0 Å². The van der Waals surface area contributed by atoms with E-state index in [0.717, 1.165) is 32.1 Å². The monoisotopic (exact) mass is 1000 g/mol. The van der Waals surface area contributed by atoms with E-state index in [1.165, 1.54) is 302 Å². The van der Waals surface area contributed by atoms with E-state index in [1.54, 1.807) is 0 Å². The van der Waals surface area contributed by atoms with E-state index in [-0.39, 0.29) is 18.9 Å². The van der Waals surface area contributed by atoms with Gasteiger partial charge in [0, 0.05) is 0 Å². The summed E-state index contributed by atoms with van der Waals surface area (Å²) in [5.74, 6) is -0.276. The van der Waals surface area contributed by atoms with Crippen LogP contribution in [0.15, 0.2) is 24.3 Å². The molecule has 0 aliphatic rings. The van der Waals surface area contributed by atoms with Crippen LogP contribution in [0.4, 0.5) is 0 Å². The summed E-state index contributed by atoms with van der Waals surface area (Å²) < 4.78 is 0. The summed E-state index contributed by atoms with van der Waals surface area (Å²) in [5, 5.41) is 33.8. The molecule has 0 aromatic heterocycles. The van der Waals surface area contributed by atoms with Crippen molar-refractivity contribution in [3.63, 3.8) is 0 Å². The highest BCUT2D eigenvalue weighted by atomic mass is 16.3. The summed E-state index contributed by atoms with van der Waals surface area (Å²) in [7, 11) is 0. The van der Waals surface area contributed by atoms with Gasteiger partial charge in [-0.25, -0.2) is 0 Å². The van der Waals surface area contributed by atoms with Crippen molar-refractivity contribution in [2.24, 2.45) is 0 Å². The highest BCUT2D eigenvalue weighted by molar-refractivity contribution is 5.76. The Morgan fingerprint density at radius 2 is 0.606 bits per heavy atom. The number of carbonyl (C=O) groups excluding carboxylic acids is 1. The molecule has 0 aromatic rings. The van der Waals surface area contributed by atoms with Crippen LogP contribution in [0, 0.1) is 0 Å². The summed E-state index contributed by atoms with van der Waals surface area (Å²) in [6.45, 7) is 4.31. The molecule has 0 fully saturated rings. The molecule has 3 unspecified atom stereocenters. The number of aliphatic hydroxyl groups is 3. The molecule has 0 rings (SSSR count). The molecule has 0 saturated carbocycles. The zero-order valence-electron chi connectivity index (χ0n) is 48.4. The van der Waals surface area contributed by atoms with Crippen LogP contribution in [0.3, 0.4) is 0 Å². The average molecular weight is 1000 g/mol. The van der Waals surface area contributed by atoms with E-state index in [9.17, 15) is 20.1 Å². The molecule has 0 aromatic carbocycles. The maximum Gasteiger partial charge on any atom is 0.222 e. The number of allylic oxidation sites excluding steroid dienone is 4. The molecule has 4 N–H and O–H groups in total. The topological polar surface area (TPSA) is 89.8 Å². The highest BCUT2D eigenvalue weighted by Crippen LogP contribution is 2.19. The molecule has 422 valence electrons. The van der Waals surface area contributed by atoms with Crippen molar-refractivity contribution < 1.29 is 20.1 Å². The predicted octanol–water partition coefficient (Wildman–Crippen LogP) is 20.8. The van der Waals surface area contributed by atoms with Gasteiger partial charge >= 0.3 is 0 Å². The lowest BCUT2D eigenvalue weighted by Crippen LogP contribution is -2.46. The first-order valence-electron chi connectivity index (χ1n) is 32.6. The molecule has 0 bridgehead atoms. The van der Waals surface area contributed by atoms with Crippen molar-refractivity contribution in [1.82, 2.24) is 5.32 Å². The Labute approximate surface area is 445 Å².